The van der Waals surface area contributed by atoms with Gasteiger partial charge in [0.05, 0.1) is 19.2 Å². The van der Waals surface area contributed by atoms with E-state index in [2.05, 4.69) is 13.7 Å². The summed E-state index contributed by atoms with van der Waals surface area (Å²) in [5, 5.41) is 8.68. The number of amides is 3. The number of methoxy groups -OCH3 is 1. The molecule has 0 unspecified atom stereocenters. The predicted molar refractivity (Wildman–Crippen MR) is 98.7 cm³/mol. The molecule has 2 bridgehead atoms. The minimum absolute atomic E-state index is 0.00305. The van der Waals surface area contributed by atoms with Crippen LogP contribution in [0.1, 0.15) is 12.8 Å². The largest absolute Gasteiger partial charge is 0.453 e. The van der Waals surface area contributed by atoms with E-state index in [-0.39, 0.29) is 45.6 Å². The van der Waals surface area contributed by atoms with Gasteiger partial charge in [-0.25, -0.2) is 9.59 Å². The molecule has 0 aliphatic carbocycles. The Morgan fingerprint density at radius 3 is 2.37 bits per heavy atom. The molecular weight excluding hydrogens is 448 g/mol. The smallest absolute Gasteiger partial charge is 0.418 e. The lowest BCUT2D eigenvalue weighted by atomic mass is 10.0. The fraction of sp³-hybridized carbons (Fsp3) is 0.769. The maximum Gasteiger partial charge on any atom is 0.418 e. The molecule has 0 aromatic carbocycles. The third kappa shape index (κ3) is 4.59. The Hall–Kier alpha value is -2.21. The summed E-state index contributed by atoms with van der Waals surface area (Å²) in [6, 6.07) is -2.47. The number of rotatable bonds is 5. The molecule has 0 spiro atoms. The zero-order chi connectivity index (χ0) is 22.3. The maximum atomic E-state index is 12.6. The minimum Gasteiger partial charge on any atom is -0.453 e. The van der Waals surface area contributed by atoms with Gasteiger partial charge < -0.3 is 14.5 Å². The number of fused-ring (bicyclic) bond motifs is 2. The third-order valence-electron chi connectivity index (χ3n) is 5.08. The van der Waals surface area contributed by atoms with Gasteiger partial charge in [0.2, 0.25) is 0 Å². The molecule has 2 atom stereocenters. The zero-order valence-corrected chi connectivity index (χ0v) is 17.6. The Labute approximate surface area is 173 Å². The second-order valence-corrected chi connectivity index (χ2v) is 9.56. The standard InChI is InChI=1S/C13H22N6O9S2/c1-27-13(21)16-4-6-17(7-5-16)29(22,23)15-11(14)10-3-2-9-8-18(10)12(20)19(9)28-30(24,25)26/h9-10H,2-8H2,1H3,(H2,14,15)(H,24,25,26)/t9-,10+/m1/s1. The molecule has 0 aromatic heterocycles. The maximum absolute atomic E-state index is 12.6. The van der Waals surface area contributed by atoms with E-state index in [1.54, 1.807) is 0 Å². The van der Waals surface area contributed by atoms with Crippen LogP contribution in [0.4, 0.5) is 9.59 Å². The summed E-state index contributed by atoms with van der Waals surface area (Å²) in [5.74, 6) is -0.453. The van der Waals surface area contributed by atoms with Crippen LogP contribution in [0, 0.1) is 5.41 Å². The summed E-state index contributed by atoms with van der Waals surface area (Å²) in [6.45, 7) is 0.268. The fourth-order valence-corrected chi connectivity index (χ4v) is 5.22. The Kier molecular flexibility index (Phi) is 6.10. The second kappa shape index (κ2) is 8.14. The third-order valence-corrected chi connectivity index (χ3v) is 6.95. The average molecular weight is 470 g/mol. The van der Waals surface area contributed by atoms with Crippen molar-refractivity contribution >= 4 is 38.6 Å². The van der Waals surface area contributed by atoms with Gasteiger partial charge in [-0.2, -0.15) is 26.2 Å². The molecule has 3 saturated heterocycles. The van der Waals surface area contributed by atoms with Crippen LogP contribution in [-0.4, -0.2) is 110 Å². The molecule has 30 heavy (non-hydrogen) atoms. The van der Waals surface area contributed by atoms with Gasteiger partial charge in [-0.15, -0.1) is 4.28 Å². The number of carbonyl (C=O) groups excluding carboxylic acids is 2. The highest BCUT2D eigenvalue weighted by Crippen LogP contribution is 2.31. The molecule has 0 saturated carbocycles. The Bertz CT molecular complexity index is 931. The molecule has 0 aromatic rings. The van der Waals surface area contributed by atoms with E-state index in [1.165, 1.54) is 12.0 Å². The van der Waals surface area contributed by atoms with Crippen LogP contribution in [0.25, 0.3) is 0 Å². The highest BCUT2D eigenvalue weighted by Gasteiger charge is 2.49. The topological polar surface area (TPSA) is 190 Å². The summed E-state index contributed by atoms with van der Waals surface area (Å²) in [6.07, 6.45) is -0.127. The van der Waals surface area contributed by atoms with Gasteiger partial charge in [0.25, 0.3) is 0 Å². The van der Waals surface area contributed by atoms with Gasteiger partial charge in [0, 0.05) is 32.7 Å². The van der Waals surface area contributed by atoms with E-state index >= 15 is 0 Å². The Morgan fingerprint density at radius 2 is 1.80 bits per heavy atom. The van der Waals surface area contributed by atoms with Crippen molar-refractivity contribution in [3.05, 3.63) is 0 Å². The summed E-state index contributed by atoms with van der Waals surface area (Å²) in [7, 11) is -7.78. The van der Waals surface area contributed by atoms with Crippen molar-refractivity contribution in [3.8, 4) is 0 Å². The summed E-state index contributed by atoms with van der Waals surface area (Å²) in [5.41, 5.74) is 0. The number of carbonyl (C=O) groups is 2. The normalized spacial score (nSPS) is 25.4. The van der Waals surface area contributed by atoms with Crippen LogP contribution >= 0.6 is 0 Å². The number of urea groups is 1. The molecule has 15 nitrogen and oxygen atoms in total. The van der Waals surface area contributed by atoms with E-state index in [0.29, 0.717) is 5.06 Å². The lowest BCUT2D eigenvalue weighted by Crippen LogP contribution is -2.57. The highest BCUT2D eigenvalue weighted by molar-refractivity contribution is 7.87. The van der Waals surface area contributed by atoms with Crippen LogP contribution in [0.5, 0.6) is 0 Å². The van der Waals surface area contributed by atoms with E-state index < -0.39 is 50.7 Å². The number of hydrogen-bond acceptors (Lipinski definition) is 9. The molecule has 3 heterocycles. The van der Waals surface area contributed by atoms with Crippen LogP contribution in [0.3, 0.4) is 0 Å². The van der Waals surface area contributed by atoms with Crippen molar-refractivity contribution in [2.24, 2.45) is 0 Å². The van der Waals surface area contributed by atoms with Crippen LogP contribution in [-0.2, 0) is 29.6 Å². The fourth-order valence-electron chi connectivity index (χ4n) is 3.64. The molecule has 3 aliphatic rings. The Morgan fingerprint density at radius 1 is 1.17 bits per heavy atom. The van der Waals surface area contributed by atoms with Crippen LogP contribution in [0.2, 0.25) is 0 Å². The SMILES string of the molecule is COC(=O)N1CCN(S(=O)(=O)NC(=N)[C@@H]2CC[C@@H]3CN2C(=O)N3OS(=O)(=O)O)CC1. The summed E-state index contributed by atoms with van der Waals surface area (Å²) >= 11 is 0. The molecule has 3 aliphatic heterocycles. The summed E-state index contributed by atoms with van der Waals surface area (Å²) < 4.78 is 68.0. The van der Waals surface area contributed by atoms with Gasteiger partial charge in [-0.3, -0.25) is 14.7 Å². The predicted octanol–water partition coefficient (Wildman–Crippen LogP) is -1.81. The number of hydrogen-bond donors (Lipinski definition) is 3. The monoisotopic (exact) mass is 470 g/mol. The number of amidine groups is 1. The quantitative estimate of drug-likeness (QED) is 0.236. The van der Waals surface area contributed by atoms with Gasteiger partial charge in [-0.05, 0) is 12.8 Å². The molecular formula is C13H22N6O9S2. The molecule has 3 amide bonds. The molecule has 3 N–H and O–H groups in total. The first-order chi connectivity index (χ1) is 13.9. The number of nitrogens with one attached hydrogen (secondary N) is 2. The minimum atomic E-state index is -4.90. The average Bonchev–Trinajstić information content (AvgIpc) is 2.90. The van der Waals surface area contributed by atoms with E-state index in [4.69, 9.17) is 9.96 Å². The lowest BCUT2D eigenvalue weighted by Gasteiger charge is -2.35. The van der Waals surface area contributed by atoms with Crippen molar-refractivity contribution in [2.45, 2.75) is 24.9 Å². The van der Waals surface area contributed by atoms with Gasteiger partial charge in [-0.1, -0.05) is 0 Å². The second-order valence-electron chi connectivity index (χ2n) is 6.89. The van der Waals surface area contributed by atoms with Crippen molar-refractivity contribution in [3.63, 3.8) is 0 Å². The molecule has 17 heteroatoms. The zero-order valence-electron chi connectivity index (χ0n) is 15.9. The van der Waals surface area contributed by atoms with E-state index in [0.717, 1.165) is 9.21 Å². The number of piperazine rings is 1. The Balaban J connectivity index is 1.62. The summed E-state index contributed by atoms with van der Waals surface area (Å²) in [4.78, 5) is 26.4. The van der Waals surface area contributed by atoms with Crippen molar-refractivity contribution in [2.75, 3.05) is 39.8 Å². The van der Waals surface area contributed by atoms with Gasteiger partial charge >= 0.3 is 32.7 Å². The first-order valence-electron chi connectivity index (χ1n) is 8.89. The highest BCUT2D eigenvalue weighted by atomic mass is 32.3. The number of ether oxygens (including phenoxy) is 1. The van der Waals surface area contributed by atoms with Crippen molar-refractivity contribution in [1.29, 1.82) is 5.41 Å². The van der Waals surface area contributed by atoms with Gasteiger partial charge in [0.15, 0.2) is 0 Å². The first kappa shape index (κ1) is 22.5. The van der Waals surface area contributed by atoms with Crippen LogP contribution in [0.15, 0.2) is 0 Å². The van der Waals surface area contributed by atoms with Crippen molar-refractivity contribution < 1.29 is 40.0 Å². The molecule has 0 radical (unpaired) electrons. The first-order valence-corrected chi connectivity index (χ1v) is 11.7. The molecule has 3 rings (SSSR count). The number of piperidine rings is 1. The lowest BCUT2D eigenvalue weighted by molar-refractivity contribution is -0.0316. The van der Waals surface area contributed by atoms with E-state index in [9.17, 15) is 26.4 Å². The number of nitrogens with zero attached hydrogens (tertiary/aromatic N) is 4. The molecule has 3 fully saturated rings. The van der Waals surface area contributed by atoms with Gasteiger partial charge in [0.1, 0.15) is 5.84 Å². The van der Waals surface area contributed by atoms with E-state index in [1.807, 2.05) is 0 Å². The molecule has 170 valence electrons. The number of hydroxylamine groups is 2. The van der Waals surface area contributed by atoms with Crippen LogP contribution < -0.4 is 4.72 Å². The van der Waals surface area contributed by atoms with Crippen molar-refractivity contribution in [1.82, 2.24) is 23.9 Å².